The molecular weight excluding hydrogens is 182 g/mol. The van der Waals surface area contributed by atoms with Gasteiger partial charge in [-0.05, 0) is 6.08 Å². The van der Waals surface area contributed by atoms with Gasteiger partial charge in [0.15, 0.2) is 12.2 Å². The summed E-state index contributed by atoms with van der Waals surface area (Å²) in [5, 5.41) is 2.78. The van der Waals surface area contributed by atoms with E-state index in [2.05, 4.69) is 15.3 Å². The second-order valence-electron chi connectivity index (χ2n) is 2.44. The third-order valence-electron chi connectivity index (χ3n) is 1.30. The summed E-state index contributed by atoms with van der Waals surface area (Å²) in [6, 6.07) is 0. The lowest BCUT2D eigenvalue weighted by Crippen LogP contribution is -2.21. The van der Waals surface area contributed by atoms with Crippen LogP contribution >= 0.6 is 0 Å². The van der Waals surface area contributed by atoms with Gasteiger partial charge in [-0.2, -0.15) is 0 Å². The molecule has 0 spiro atoms. The summed E-state index contributed by atoms with van der Waals surface area (Å²) >= 11 is 0. The maximum absolute atomic E-state index is 11.0. The summed E-state index contributed by atoms with van der Waals surface area (Å²) in [7, 11) is 0. The van der Waals surface area contributed by atoms with Crippen LogP contribution in [-0.4, -0.2) is 31.6 Å². The molecule has 0 radical (unpaired) electrons. The molecule has 0 amide bonds. The number of aliphatic imine (C=N–C) groups is 2. The van der Waals surface area contributed by atoms with E-state index in [0.717, 1.165) is 0 Å². The molecule has 0 saturated carbocycles. The van der Waals surface area contributed by atoms with E-state index >= 15 is 0 Å². The SMILES string of the molecule is O=C1CNC=CN=CC=CN=COC1. The van der Waals surface area contributed by atoms with Crippen molar-refractivity contribution in [1.82, 2.24) is 5.32 Å². The normalized spacial score (nSPS) is 17.6. The zero-order valence-corrected chi connectivity index (χ0v) is 7.59. The van der Waals surface area contributed by atoms with Gasteiger partial charge < -0.3 is 10.1 Å². The fourth-order valence-corrected chi connectivity index (χ4v) is 0.715. The van der Waals surface area contributed by atoms with Gasteiger partial charge in [-0.15, -0.1) is 0 Å². The van der Waals surface area contributed by atoms with E-state index in [-0.39, 0.29) is 18.9 Å². The van der Waals surface area contributed by atoms with Gasteiger partial charge in [0.1, 0.15) is 6.61 Å². The molecular formula is C9H11N3O2. The van der Waals surface area contributed by atoms with Gasteiger partial charge in [0.05, 0.1) is 6.54 Å². The molecule has 0 fully saturated rings. The third kappa shape index (κ3) is 4.87. The number of ketones is 1. The van der Waals surface area contributed by atoms with Crippen LogP contribution in [0.2, 0.25) is 0 Å². The Hall–Kier alpha value is -1.91. The first-order chi connectivity index (χ1) is 6.89. The molecule has 1 aliphatic rings. The summed E-state index contributed by atoms with van der Waals surface area (Å²) in [5.41, 5.74) is 0. The zero-order valence-electron chi connectivity index (χ0n) is 7.59. The molecule has 74 valence electrons. The molecule has 1 heterocycles. The molecule has 1 aliphatic heterocycles. The van der Waals surface area contributed by atoms with Crippen LogP contribution in [0, 0.1) is 0 Å². The van der Waals surface area contributed by atoms with Gasteiger partial charge in [0, 0.05) is 24.8 Å². The Morgan fingerprint density at radius 3 is 3.21 bits per heavy atom. The molecule has 0 aromatic rings. The number of nitrogens with zero attached hydrogens (tertiary/aromatic N) is 2. The summed E-state index contributed by atoms with van der Waals surface area (Å²) in [5.74, 6) is -0.0479. The van der Waals surface area contributed by atoms with Crippen molar-refractivity contribution >= 4 is 18.4 Å². The van der Waals surface area contributed by atoms with Crippen LogP contribution in [0.1, 0.15) is 0 Å². The van der Waals surface area contributed by atoms with Crippen LogP contribution in [-0.2, 0) is 9.53 Å². The van der Waals surface area contributed by atoms with E-state index in [4.69, 9.17) is 4.74 Å². The lowest BCUT2D eigenvalue weighted by Gasteiger charge is -1.99. The van der Waals surface area contributed by atoms with Gasteiger partial charge in [-0.25, -0.2) is 4.99 Å². The number of rotatable bonds is 0. The number of carbonyl (C=O) groups is 1. The minimum absolute atomic E-state index is 0.0268. The Morgan fingerprint density at radius 1 is 1.36 bits per heavy atom. The molecule has 0 atom stereocenters. The molecule has 0 bridgehead atoms. The van der Waals surface area contributed by atoms with Gasteiger partial charge in [0.25, 0.3) is 0 Å². The van der Waals surface area contributed by atoms with Crippen LogP contribution in [0.15, 0.2) is 34.7 Å². The van der Waals surface area contributed by atoms with Gasteiger partial charge in [-0.3, -0.25) is 9.79 Å². The molecule has 0 aromatic carbocycles. The van der Waals surface area contributed by atoms with Crippen LogP contribution in [0.25, 0.3) is 0 Å². The fourth-order valence-electron chi connectivity index (χ4n) is 0.715. The highest BCUT2D eigenvalue weighted by molar-refractivity contribution is 5.82. The standard InChI is InChI=1S/C9H11N3O2/c13-9-6-11-5-4-10-2-1-3-12-8-14-7-9/h1-5,8,11H,6-7H2. The van der Waals surface area contributed by atoms with Crippen molar-refractivity contribution in [3.8, 4) is 0 Å². The Bertz CT molecular complexity index is 264. The van der Waals surface area contributed by atoms with Crippen molar-refractivity contribution in [3.63, 3.8) is 0 Å². The minimum Gasteiger partial charge on any atom is -0.475 e. The molecule has 0 aromatic heterocycles. The van der Waals surface area contributed by atoms with Crippen LogP contribution < -0.4 is 5.32 Å². The van der Waals surface area contributed by atoms with Gasteiger partial charge >= 0.3 is 0 Å². The van der Waals surface area contributed by atoms with Crippen molar-refractivity contribution in [3.05, 3.63) is 24.7 Å². The summed E-state index contributed by atoms with van der Waals surface area (Å²) in [6.45, 7) is 0.256. The summed E-state index contributed by atoms with van der Waals surface area (Å²) < 4.78 is 4.86. The highest BCUT2D eigenvalue weighted by atomic mass is 16.5. The maximum Gasteiger partial charge on any atom is 0.189 e. The molecule has 0 unspecified atom stereocenters. The Kier molecular flexibility index (Phi) is 4.79. The first-order valence-corrected chi connectivity index (χ1v) is 4.11. The first kappa shape index (κ1) is 10.2. The number of ether oxygens (including phenoxy) is 1. The lowest BCUT2D eigenvalue weighted by molar-refractivity contribution is -0.120. The quantitative estimate of drug-likeness (QED) is 0.600. The first-order valence-electron chi connectivity index (χ1n) is 4.11. The molecule has 1 rings (SSSR count). The van der Waals surface area contributed by atoms with E-state index in [1.165, 1.54) is 12.6 Å². The Labute approximate surface area is 81.9 Å². The topological polar surface area (TPSA) is 63.0 Å². The minimum atomic E-state index is -0.0479. The van der Waals surface area contributed by atoms with Gasteiger partial charge in [-0.1, -0.05) is 0 Å². The Morgan fingerprint density at radius 2 is 2.29 bits per heavy atom. The summed E-state index contributed by atoms with van der Waals surface area (Å²) in [6.07, 6.45) is 9.14. The second-order valence-corrected chi connectivity index (χ2v) is 2.44. The van der Waals surface area contributed by atoms with Crippen molar-refractivity contribution in [1.29, 1.82) is 0 Å². The monoisotopic (exact) mass is 193 g/mol. The molecule has 5 heteroatoms. The third-order valence-corrected chi connectivity index (χ3v) is 1.30. The highest BCUT2D eigenvalue weighted by Gasteiger charge is 1.98. The maximum atomic E-state index is 11.0. The van der Waals surface area contributed by atoms with E-state index < -0.39 is 0 Å². The van der Waals surface area contributed by atoms with E-state index in [1.54, 1.807) is 24.7 Å². The van der Waals surface area contributed by atoms with Crippen molar-refractivity contribution in [2.24, 2.45) is 9.98 Å². The molecule has 0 aliphatic carbocycles. The van der Waals surface area contributed by atoms with Crippen LogP contribution in [0.5, 0.6) is 0 Å². The lowest BCUT2D eigenvalue weighted by atomic mass is 10.4. The van der Waals surface area contributed by atoms with Crippen molar-refractivity contribution < 1.29 is 9.53 Å². The van der Waals surface area contributed by atoms with Crippen molar-refractivity contribution in [2.45, 2.75) is 0 Å². The average molecular weight is 193 g/mol. The van der Waals surface area contributed by atoms with E-state index in [9.17, 15) is 4.79 Å². The molecule has 14 heavy (non-hydrogen) atoms. The predicted octanol–water partition coefficient (Wildman–Crippen LogP) is 0.259. The average Bonchev–Trinajstić information content (AvgIpc) is 2.20. The number of Topliss-reactive ketones (excluding diaryl/α,β-unsaturated/α-hetero) is 1. The summed E-state index contributed by atoms with van der Waals surface area (Å²) in [4.78, 5) is 18.7. The smallest absolute Gasteiger partial charge is 0.189 e. The number of allylic oxidation sites excluding steroid dienone is 1. The molecule has 0 saturated heterocycles. The predicted molar refractivity (Wildman–Crippen MR) is 54.2 cm³/mol. The second kappa shape index (κ2) is 6.59. The number of hydrogen-bond donors (Lipinski definition) is 1. The number of nitrogens with one attached hydrogen (secondary N) is 1. The van der Waals surface area contributed by atoms with Crippen LogP contribution in [0.4, 0.5) is 0 Å². The highest BCUT2D eigenvalue weighted by Crippen LogP contribution is 1.79. The van der Waals surface area contributed by atoms with Crippen LogP contribution in [0.3, 0.4) is 0 Å². The van der Waals surface area contributed by atoms with E-state index in [1.807, 2.05) is 0 Å². The number of carbonyl (C=O) groups excluding carboxylic acids is 1. The fraction of sp³-hybridized carbons (Fsp3) is 0.222. The molecule has 5 nitrogen and oxygen atoms in total. The number of hydrogen-bond acceptors (Lipinski definition) is 5. The molecule has 1 N–H and O–H groups in total. The zero-order chi connectivity index (χ0) is 10.1. The largest absolute Gasteiger partial charge is 0.475 e. The van der Waals surface area contributed by atoms with Gasteiger partial charge in [0.2, 0.25) is 0 Å². The van der Waals surface area contributed by atoms with E-state index in [0.29, 0.717) is 0 Å². The Balaban J connectivity index is 2.51. The van der Waals surface area contributed by atoms with Crippen molar-refractivity contribution in [2.75, 3.05) is 13.2 Å².